The highest BCUT2D eigenvalue weighted by molar-refractivity contribution is 5.90. The molecule has 1 aromatic rings. The molecule has 2 saturated heterocycles. The zero-order chi connectivity index (χ0) is 14.6. The van der Waals surface area contributed by atoms with E-state index in [0.29, 0.717) is 13.1 Å². The van der Waals surface area contributed by atoms with Crippen LogP contribution in [0.5, 0.6) is 0 Å². The molecule has 6 heteroatoms. The Morgan fingerprint density at radius 3 is 2.95 bits per heavy atom. The third-order valence-electron chi connectivity index (χ3n) is 4.59. The number of carbonyl (C=O) groups is 2. The van der Waals surface area contributed by atoms with Crippen LogP contribution in [0.15, 0.2) is 36.7 Å². The van der Waals surface area contributed by atoms with Crippen molar-refractivity contribution < 1.29 is 19.4 Å². The number of hydrogen-bond donors (Lipinski definition) is 1. The van der Waals surface area contributed by atoms with E-state index in [1.807, 2.05) is 18.2 Å². The van der Waals surface area contributed by atoms with Gasteiger partial charge in [-0.3, -0.25) is 14.6 Å². The number of ether oxygens (including phenoxy) is 1. The first-order valence-electron chi connectivity index (χ1n) is 6.88. The molecule has 4 heterocycles. The molecule has 6 nitrogen and oxygen atoms in total. The van der Waals surface area contributed by atoms with Crippen LogP contribution in [0.4, 0.5) is 0 Å². The van der Waals surface area contributed by atoms with Crippen molar-refractivity contribution in [3.05, 3.63) is 42.2 Å². The maximum atomic E-state index is 12.6. The molecule has 4 rings (SSSR count). The Labute approximate surface area is 121 Å². The van der Waals surface area contributed by atoms with Gasteiger partial charge in [-0.05, 0) is 17.7 Å². The zero-order valence-corrected chi connectivity index (χ0v) is 11.2. The summed E-state index contributed by atoms with van der Waals surface area (Å²) in [5.74, 6) is -2.47. The monoisotopic (exact) mass is 286 g/mol. The van der Waals surface area contributed by atoms with Crippen LogP contribution in [0.25, 0.3) is 0 Å². The van der Waals surface area contributed by atoms with Gasteiger partial charge in [0, 0.05) is 18.9 Å². The van der Waals surface area contributed by atoms with Gasteiger partial charge in [-0.25, -0.2) is 0 Å². The highest BCUT2D eigenvalue weighted by Crippen LogP contribution is 2.52. The van der Waals surface area contributed by atoms with E-state index < -0.39 is 29.5 Å². The maximum Gasteiger partial charge on any atom is 0.310 e. The van der Waals surface area contributed by atoms with Crippen molar-refractivity contribution in [1.82, 2.24) is 9.88 Å². The average Bonchev–Trinajstić information content (AvgIpc) is 3.09. The molecule has 108 valence electrons. The SMILES string of the molecule is O=C(O)[C@@H]1[C@@H]2C=C[C@]3(CN(Cc4ccncc4)C(=O)[C@H]13)O2. The molecule has 1 amide bonds. The summed E-state index contributed by atoms with van der Waals surface area (Å²) in [5, 5.41) is 9.38. The third kappa shape index (κ3) is 1.65. The van der Waals surface area contributed by atoms with Crippen molar-refractivity contribution in [3.63, 3.8) is 0 Å². The van der Waals surface area contributed by atoms with Gasteiger partial charge in [0.25, 0.3) is 0 Å². The fourth-order valence-electron chi connectivity index (χ4n) is 3.70. The van der Waals surface area contributed by atoms with E-state index in [1.165, 1.54) is 0 Å². The van der Waals surface area contributed by atoms with Crippen LogP contribution >= 0.6 is 0 Å². The van der Waals surface area contributed by atoms with E-state index in [2.05, 4.69) is 4.98 Å². The van der Waals surface area contributed by atoms with Gasteiger partial charge in [-0.1, -0.05) is 12.2 Å². The van der Waals surface area contributed by atoms with Gasteiger partial charge in [0.05, 0.1) is 18.6 Å². The van der Waals surface area contributed by atoms with Gasteiger partial charge in [0.1, 0.15) is 11.5 Å². The predicted molar refractivity (Wildman–Crippen MR) is 71.0 cm³/mol. The lowest BCUT2D eigenvalue weighted by molar-refractivity contribution is -0.148. The predicted octanol–water partition coefficient (Wildman–Crippen LogP) is 0.448. The normalized spacial score (nSPS) is 36.3. The Kier molecular flexibility index (Phi) is 2.47. The summed E-state index contributed by atoms with van der Waals surface area (Å²) in [6, 6.07) is 3.70. The van der Waals surface area contributed by atoms with E-state index >= 15 is 0 Å². The highest BCUT2D eigenvalue weighted by Gasteiger charge is 2.66. The summed E-state index contributed by atoms with van der Waals surface area (Å²) >= 11 is 0. The molecule has 0 unspecified atom stereocenters. The number of likely N-dealkylation sites (tertiary alicyclic amines) is 1. The van der Waals surface area contributed by atoms with Crippen molar-refractivity contribution >= 4 is 11.9 Å². The lowest BCUT2D eigenvalue weighted by atomic mass is 9.77. The zero-order valence-electron chi connectivity index (χ0n) is 11.2. The quantitative estimate of drug-likeness (QED) is 0.816. The molecule has 3 aliphatic rings. The van der Waals surface area contributed by atoms with Crippen molar-refractivity contribution in [2.24, 2.45) is 11.8 Å². The Morgan fingerprint density at radius 1 is 1.48 bits per heavy atom. The number of rotatable bonds is 3. The number of fused-ring (bicyclic) bond motifs is 1. The highest BCUT2D eigenvalue weighted by atomic mass is 16.5. The van der Waals surface area contributed by atoms with Crippen molar-refractivity contribution in [2.45, 2.75) is 18.2 Å². The fraction of sp³-hybridized carbons (Fsp3) is 0.400. The standard InChI is InChI=1S/C15H14N2O4/c18-13-12-11(14(19)20)10-1-4-15(12,21-10)8-17(13)7-9-2-5-16-6-3-9/h1-6,10-12H,7-8H2,(H,19,20)/t10-,11+,12-,15+/m0/s1. The van der Waals surface area contributed by atoms with Crippen LogP contribution in [0, 0.1) is 11.8 Å². The first kappa shape index (κ1) is 12.5. The average molecular weight is 286 g/mol. The van der Waals surface area contributed by atoms with E-state index in [1.54, 1.807) is 23.4 Å². The molecule has 0 aromatic carbocycles. The number of carbonyl (C=O) groups excluding carboxylic acids is 1. The van der Waals surface area contributed by atoms with Gasteiger partial charge in [0.2, 0.25) is 5.91 Å². The lowest BCUT2D eigenvalue weighted by Crippen LogP contribution is -2.39. The molecule has 21 heavy (non-hydrogen) atoms. The summed E-state index contributed by atoms with van der Waals surface area (Å²) < 4.78 is 5.83. The number of amides is 1. The van der Waals surface area contributed by atoms with Gasteiger partial charge in [-0.15, -0.1) is 0 Å². The third-order valence-corrected chi connectivity index (χ3v) is 4.59. The minimum atomic E-state index is -0.963. The molecular weight excluding hydrogens is 272 g/mol. The molecule has 2 bridgehead atoms. The molecule has 1 spiro atoms. The van der Waals surface area contributed by atoms with Crippen LogP contribution in [0.2, 0.25) is 0 Å². The first-order chi connectivity index (χ1) is 10.1. The summed E-state index contributed by atoms with van der Waals surface area (Å²) in [5.41, 5.74) is 0.220. The Morgan fingerprint density at radius 2 is 2.24 bits per heavy atom. The molecule has 0 radical (unpaired) electrons. The topological polar surface area (TPSA) is 79.7 Å². The van der Waals surface area contributed by atoms with Crippen LogP contribution in [0.3, 0.4) is 0 Å². The van der Waals surface area contributed by atoms with E-state index in [-0.39, 0.29) is 5.91 Å². The van der Waals surface area contributed by atoms with E-state index in [4.69, 9.17) is 4.74 Å². The molecular formula is C15H14N2O4. The maximum absolute atomic E-state index is 12.6. The van der Waals surface area contributed by atoms with Gasteiger partial charge < -0.3 is 14.7 Å². The van der Waals surface area contributed by atoms with Crippen LogP contribution in [-0.2, 0) is 20.9 Å². The largest absolute Gasteiger partial charge is 0.481 e. The van der Waals surface area contributed by atoms with Gasteiger partial charge in [0.15, 0.2) is 0 Å². The van der Waals surface area contributed by atoms with Crippen molar-refractivity contribution in [1.29, 1.82) is 0 Å². The second-order valence-corrected chi connectivity index (χ2v) is 5.79. The van der Waals surface area contributed by atoms with Gasteiger partial charge in [-0.2, -0.15) is 0 Å². The van der Waals surface area contributed by atoms with Crippen LogP contribution < -0.4 is 0 Å². The fourth-order valence-corrected chi connectivity index (χ4v) is 3.70. The number of carboxylic acid groups (broad SMARTS) is 1. The molecule has 3 aliphatic heterocycles. The number of hydrogen-bond acceptors (Lipinski definition) is 4. The smallest absolute Gasteiger partial charge is 0.310 e. The Balaban J connectivity index is 1.63. The van der Waals surface area contributed by atoms with E-state index in [9.17, 15) is 14.7 Å². The molecule has 4 atom stereocenters. The lowest BCUT2D eigenvalue weighted by Gasteiger charge is -2.21. The number of aromatic nitrogens is 1. The summed E-state index contributed by atoms with van der Waals surface area (Å²) in [7, 11) is 0. The van der Waals surface area contributed by atoms with Crippen LogP contribution in [-0.4, -0.2) is 45.1 Å². The summed E-state index contributed by atoms with van der Waals surface area (Å²) in [4.78, 5) is 29.7. The Bertz CT molecular complexity index is 644. The molecule has 0 saturated carbocycles. The number of aliphatic carboxylic acids is 1. The number of pyridine rings is 1. The number of carboxylic acids is 1. The molecule has 1 aromatic heterocycles. The van der Waals surface area contributed by atoms with Crippen molar-refractivity contribution in [2.75, 3.05) is 6.54 Å². The molecule has 2 fully saturated rings. The van der Waals surface area contributed by atoms with Crippen LogP contribution in [0.1, 0.15) is 5.56 Å². The van der Waals surface area contributed by atoms with E-state index in [0.717, 1.165) is 5.56 Å². The summed E-state index contributed by atoms with van der Waals surface area (Å²) in [6.07, 6.45) is 6.53. The molecule has 1 N–H and O–H groups in total. The second kappa shape index (κ2) is 4.14. The first-order valence-corrected chi connectivity index (χ1v) is 6.88. The Hall–Kier alpha value is -2.21. The van der Waals surface area contributed by atoms with Crippen molar-refractivity contribution in [3.8, 4) is 0 Å². The molecule has 0 aliphatic carbocycles. The number of nitrogens with zero attached hydrogens (tertiary/aromatic N) is 2. The summed E-state index contributed by atoms with van der Waals surface area (Å²) in [6.45, 7) is 0.864. The second-order valence-electron chi connectivity index (χ2n) is 5.79. The minimum Gasteiger partial charge on any atom is -0.481 e. The minimum absolute atomic E-state index is 0.133. The van der Waals surface area contributed by atoms with Gasteiger partial charge >= 0.3 is 5.97 Å².